The number of carbonyl (C=O) groups excluding carboxylic acids is 1. The number of carbonyl (C=O) groups is 1. The molecule has 0 saturated carbocycles. The lowest BCUT2D eigenvalue weighted by atomic mass is 10.0. The van der Waals surface area contributed by atoms with Gasteiger partial charge in [-0.3, -0.25) is 4.79 Å². The number of ether oxygens (including phenoxy) is 1. The summed E-state index contributed by atoms with van der Waals surface area (Å²) in [7, 11) is 1.65. The molecule has 0 aliphatic rings. The lowest BCUT2D eigenvalue weighted by Crippen LogP contribution is -2.49. The Kier molecular flexibility index (Phi) is 5.31. The van der Waals surface area contributed by atoms with Gasteiger partial charge in [0.25, 0.3) is 0 Å². The minimum absolute atomic E-state index is 0.0427. The molecule has 0 fully saturated rings. The van der Waals surface area contributed by atoms with Crippen molar-refractivity contribution in [3.63, 3.8) is 0 Å². The van der Waals surface area contributed by atoms with Crippen molar-refractivity contribution in [1.29, 1.82) is 0 Å². The average Bonchev–Trinajstić information content (AvgIpc) is 2.29. The number of hydrogen-bond donors (Lipinski definition) is 2. The molecule has 18 heavy (non-hydrogen) atoms. The van der Waals surface area contributed by atoms with E-state index < -0.39 is 5.54 Å². The number of methoxy groups -OCH3 is 1. The second-order valence-electron chi connectivity index (χ2n) is 4.74. The van der Waals surface area contributed by atoms with Gasteiger partial charge in [-0.15, -0.1) is 0 Å². The molecule has 0 saturated heterocycles. The van der Waals surface area contributed by atoms with Gasteiger partial charge in [-0.25, -0.2) is 0 Å². The van der Waals surface area contributed by atoms with Crippen molar-refractivity contribution in [1.82, 2.24) is 5.32 Å². The molecule has 0 aliphatic carbocycles. The van der Waals surface area contributed by atoms with E-state index in [0.717, 1.165) is 17.8 Å². The van der Waals surface area contributed by atoms with E-state index in [2.05, 4.69) is 10.6 Å². The minimum atomic E-state index is -0.577. The number of amides is 1. The first-order chi connectivity index (χ1) is 8.49. The van der Waals surface area contributed by atoms with Crippen LogP contribution in [0.1, 0.15) is 26.3 Å². The van der Waals surface area contributed by atoms with Gasteiger partial charge in [0.1, 0.15) is 0 Å². The zero-order valence-corrected chi connectivity index (χ0v) is 11.5. The van der Waals surface area contributed by atoms with Gasteiger partial charge in [-0.1, -0.05) is 19.1 Å². The predicted molar refractivity (Wildman–Crippen MR) is 73.5 cm³/mol. The molecule has 0 spiro atoms. The molecule has 0 aliphatic heterocycles. The van der Waals surface area contributed by atoms with Gasteiger partial charge in [-0.2, -0.15) is 0 Å². The van der Waals surface area contributed by atoms with Gasteiger partial charge in [0.05, 0.1) is 12.1 Å². The standard InChI is InChI=1S/C14H22N2O2/c1-5-15-14(2,3)13(17)16-12-8-6-7-11(9-12)10-18-4/h6-9,15H,5,10H2,1-4H3,(H,16,17). The Balaban J connectivity index is 2.72. The van der Waals surface area contributed by atoms with Crippen molar-refractivity contribution >= 4 is 11.6 Å². The van der Waals surface area contributed by atoms with E-state index in [4.69, 9.17) is 4.74 Å². The molecule has 1 aromatic rings. The molecule has 2 N–H and O–H groups in total. The maximum absolute atomic E-state index is 12.1. The fraction of sp³-hybridized carbons (Fsp3) is 0.500. The molecule has 4 heteroatoms. The molecule has 0 bridgehead atoms. The number of benzene rings is 1. The number of hydrogen-bond acceptors (Lipinski definition) is 3. The summed E-state index contributed by atoms with van der Waals surface area (Å²) in [5.41, 5.74) is 1.25. The van der Waals surface area contributed by atoms with Crippen LogP contribution in [0.4, 0.5) is 5.69 Å². The maximum atomic E-state index is 12.1. The quantitative estimate of drug-likeness (QED) is 0.813. The van der Waals surface area contributed by atoms with Crippen molar-refractivity contribution in [2.75, 3.05) is 19.0 Å². The van der Waals surface area contributed by atoms with Crippen molar-refractivity contribution in [3.05, 3.63) is 29.8 Å². The Bertz CT molecular complexity index is 403. The van der Waals surface area contributed by atoms with E-state index in [1.54, 1.807) is 7.11 Å². The highest BCUT2D eigenvalue weighted by atomic mass is 16.5. The van der Waals surface area contributed by atoms with Crippen LogP contribution in [0, 0.1) is 0 Å². The predicted octanol–water partition coefficient (Wildman–Crippen LogP) is 2.16. The molecular weight excluding hydrogens is 228 g/mol. The van der Waals surface area contributed by atoms with E-state index in [1.807, 2.05) is 45.0 Å². The van der Waals surface area contributed by atoms with E-state index in [0.29, 0.717) is 6.61 Å². The van der Waals surface area contributed by atoms with Gasteiger partial charge in [0.15, 0.2) is 0 Å². The van der Waals surface area contributed by atoms with E-state index in [-0.39, 0.29) is 5.91 Å². The van der Waals surface area contributed by atoms with Crippen LogP contribution in [0.25, 0.3) is 0 Å². The van der Waals surface area contributed by atoms with Gasteiger partial charge in [0.2, 0.25) is 5.91 Å². The van der Waals surface area contributed by atoms with Gasteiger partial charge >= 0.3 is 0 Å². The Morgan fingerprint density at radius 2 is 2.11 bits per heavy atom. The third kappa shape index (κ3) is 4.13. The Morgan fingerprint density at radius 1 is 1.39 bits per heavy atom. The summed E-state index contributed by atoms with van der Waals surface area (Å²) in [5.74, 6) is -0.0427. The summed E-state index contributed by atoms with van der Waals surface area (Å²) < 4.78 is 5.07. The van der Waals surface area contributed by atoms with Crippen molar-refractivity contribution in [2.24, 2.45) is 0 Å². The monoisotopic (exact) mass is 250 g/mol. The lowest BCUT2D eigenvalue weighted by molar-refractivity contribution is -0.121. The fourth-order valence-corrected chi connectivity index (χ4v) is 1.72. The van der Waals surface area contributed by atoms with E-state index in [1.165, 1.54) is 0 Å². The van der Waals surface area contributed by atoms with Gasteiger partial charge in [-0.05, 0) is 38.1 Å². The molecule has 1 rings (SSSR count). The first-order valence-electron chi connectivity index (χ1n) is 6.14. The van der Waals surface area contributed by atoms with Crippen molar-refractivity contribution in [3.8, 4) is 0 Å². The highest BCUT2D eigenvalue weighted by Crippen LogP contribution is 2.14. The van der Waals surface area contributed by atoms with Crippen LogP contribution in [0.5, 0.6) is 0 Å². The summed E-state index contributed by atoms with van der Waals surface area (Å²) in [4.78, 5) is 12.1. The van der Waals surface area contributed by atoms with Gasteiger partial charge < -0.3 is 15.4 Å². The Hall–Kier alpha value is -1.39. The van der Waals surface area contributed by atoms with Crippen molar-refractivity contribution in [2.45, 2.75) is 32.9 Å². The molecule has 4 nitrogen and oxygen atoms in total. The van der Waals surface area contributed by atoms with Gasteiger partial charge in [0, 0.05) is 12.8 Å². The molecule has 0 aromatic heterocycles. The van der Waals surface area contributed by atoms with Crippen LogP contribution < -0.4 is 10.6 Å². The molecule has 0 radical (unpaired) electrons. The van der Waals surface area contributed by atoms with Crippen LogP contribution in [0.3, 0.4) is 0 Å². The Morgan fingerprint density at radius 3 is 2.72 bits per heavy atom. The first kappa shape index (κ1) is 14.7. The molecular formula is C14H22N2O2. The molecule has 100 valence electrons. The van der Waals surface area contributed by atoms with Crippen LogP contribution in [0.2, 0.25) is 0 Å². The number of likely N-dealkylation sites (N-methyl/N-ethyl adjacent to an activating group) is 1. The van der Waals surface area contributed by atoms with Crippen LogP contribution >= 0.6 is 0 Å². The third-order valence-corrected chi connectivity index (χ3v) is 2.68. The van der Waals surface area contributed by atoms with E-state index >= 15 is 0 Å². The average molecular weight is 250 g/mol. The van der Waals surface area contributed by atoms with Crippen LogP contribution in [-0.4, -0.2) is 25.1 Å². The Labute approximate surface area is 109 Å². The third-order valence-electron chi connectivity index (χ3n) is 2.68. The number of nitrogens with one attached hydrogen (secondary N) is 2. The van der Waals surface area contributed by atoms with Crippen LogP contribution in [-0.2, 0) is 16.1 Å². The summed E-state index contributed by atoms with van der Waals surface area (Å²) in [5, 5.41) is 6.05. The minimum Gasteiger partial charge on any atom is -0.380 e. The molecule has 1 aromatic carbocycles. The van der Waals surface area contributed by atoms with Crippen molar-refractivity contribution < 1.29 is 9.53 Å². The summed E-state index contributed by atoms with van der Waals surface area (Å²) in [6.45, 7) is 7.01. The normalized spacial score (nSPS) is 11.3. The summed E-state index contributed by atoms with van der Waals surface area (Å²) in [6.07, 6.45) is 0. The highest BCUT2D eigenvalue weighted by molar-refractivity contribution is 5.97. The maximum Gasteiger partial charge on any atom is 0.244 e. The number of anilines is 1. The number of rotatable bonds is 6. The second-order valence-corrected chi connectivity index (χ2v) is 4.74. The molecule has 0 atom stereocenters. The lowest BCUT2D eigenvalue weighted by Gasteiger charge is -2.24. The van der Waals surface area contributed by atoms with E-state index in [9.17, 15) is 4.79 Å². The second kappa shape index (κ2) is 6.52. The summed E-state index contributed by atoms with van der Waals surface area (Å²) >= 11 is 0. The fourth-order valence-electron chi connectivity index (χ4n) is 1.72. The molecule has 0 heterocycles. The molecule has 1 amide bonds. The van der Waals surface area contributed by atoms with Crippen LogP contribution in [0.15, 0.2) is 24.3 Å². The summed E-state index contributed by atoms with van der Waals surface area (Å²) in [6, 6.07) is 7.67. The smallest absolute Gasteiger partial charge is 0.244 e. The zero-order valence-electron chi connectivity index (χ0n) is 11.5. The molecule has 0 unspecified atom stereocenters. The topological polar surface area (TPSA) is 50.4 Å². The first-order valence-corrected chi connectivity index (χ1v) is 6.14. The largest absolute Gasteiger partial charge is 0.380 e. The highest BCUT2D eigenvalue weighted by Gasteiger charge is 2.25. The zero-order chi connectivity index (χ0) is 13.6. The SMILES string of the molecule is CCNC(C)(C)C(=O)Nc1cccc(COC)c1.